The van der Waals surface area contributed by atoms with Crippen molar-refractivity contribution in [2.45, 2.75) is 17.6 Å². The SMILES string of the molecule is Cc1cccc(SCc2cc(-c3ccccc3)on2)c1N. The molecule has 3 aromatic rings. The topological polar surface area (TPSA) is 52.0 Å². The van der Waals surface area contributed by atoms with E-state index < -0.39 is 0 Å². The van der Waals surface area contributed by atoms with Crippen LogP contribution in [-0.4, -0.2) is 5.16 Å². The Balaban J connectivity index is 1.72. The molecule has 0 atom stereocenters. The maximum absolute atomic E-state index is 6.08. The van der Waals surface area contributed by atoms with Gasteiger partial charge >= 0.3 is 0 Å². The highest BCUT2D eigenvalue weighted by atomic mass is 32.2. The summed E-state index contributed by atoms with van der Waals surface area (Å²) in [4.78, 5) is 1.08. The highest BCUT2D eigenvalue weighted by Crippen LogP contribution is 2.30. The van der Waals surface area contributed by atoms with Crippen LogP contribution in [0.4, 0.5) is 5.69 Å². The number of hydrogen-bond acceptors (Lipinski definition) is 4. The number of aromatic nitrogens is 1. The van der Waals surface area contributed by atoms with E-state index in [1.165, 1.54) is 0 Å². The van der Waals surface area contributed by atoms with Crippen LogP contribution in [0.2, 0.25) is 0 Å². The van der Waals surface area contributed by atoms with Crippen molar-refractivity contribution >= 4 is 17.4 Å². The van der Waals surface area contributed by atoms with Crippen LogP contribution in [0.3, 0.4) is 0 Å². The van der Waals surface area contributed by atoms with Crippen molar-refractivity contribution in [3.8, 4) is 11.3 Å². The van der Waals surface area contributed by atoms with Crippen LogP contribution in [0.15, 0.2) is 64.0 Å². The molecular formula is C17H16N2OS. The zero-order valence-electron chi connectivity index (χ0n) is 11.7. The molecule has 0 bridgehead atoms. The van der Waals surface area contributed by atoms with Gasteiger partial charge in [0, 0.05) is 28.0 Å². The van der Waals surface area contributed by atoms with Crippen molar-refractivity contribution in [3.05, 3.63) is 65.9 Å². The lowest BCUT2D eigenvalue weighted by Crippen LogP contribution is -1.92. The summed E-state index contributed by atoms with van der Waals surface area (Å²) in [6.45, 7) is 2.02. The van der Waals surface area contributed by atoms with E-state index in [-0.39, 0.29) is 0 Å². The Bertz CT molecular complexity index is 738. The second-order valence-corrected chi connectivity index (χ2v) is 5.84. The van der Waals surface area contributed by atoms with Gasteiger partial charge in [-0.2, -0.15) is 0 Å². The van der Waals surface area contributed by atoms with Gasteiger partial charge in [0.1, 0.15) is 0 Å². The van der Waals surface area contributed by atoms with Crippen molar-refractivity contribution in [1.29, 1.82) is 0 Å². The van der Waals surface area contributed by atoms with Gasteiger partial charge in [-0.05, 0) is 18.6 Å². The second kappa shape index (κ2) is 6.06. The third-order valence-corrected chi connectivity index (χ3v) is 4.38. The van der Waals surface area contributed by atoms with Gasteiger partial charge in [0.2, 0.25) is 0 Å². The lowest BCUT2D eigenvalue weighted by atomic mass is 10.2. The summed E-state index contributed by atoms with van der Waals surface area (Å²) in [6, 6.07) is 18.0. The van der Waals surface area contributed by atoms with E-state index in [1.807, 2.05) is 61.5 Å². The van der Waals surface area contributed by atoms with Gasteiger partial charge in [0.15, 0.2) is 5.76 Å². The zero-order chi connectivity index (χ0) is 14.7. The van der Waals surface area contributed by atoms with Crippen molar-refractivity contribution < 1.29 is 4.52 Å². The van der Waals surface area contributed by atoms with Gasteiger partial charge in [-0.3, -0.25) is 0 Å². The predicted molar refractivity (Wildman–Crippen MR) is 87.1 cm³/mol. The molecule has 0 amide bonds. The molecule has 2 aromatic carbocycles. The van der Waals surface area contributed by atoms with E-state index in [9.17, 15) is 0 Å². The monoisotopic (exact) mass is 296 g/mol. The number of nitrogens with two attached hydrogens (primary N) is 1. The Kier molecular flexibility index (Phi) is 3.97. The predicted octanol–water partition coefficient (Wildman–Crippen LogP) is 4.52. The van der Waals surface area contributed by atoms with Crippen LogP contribution in [0, 0.1) is 6.92 Å². The number of anilines is 1. The van der Waals surface area contributed by atoms with Crippen LogP contribution in [0.25, 0.3) is 11.3 Å². The van der Waals surface area contributed by atoms with Crippen LogP contribution in [0.1, 0.15) is 11.3 Å². The summed E-state index contributed by atoms with van der Waals surface area (Å²) >= 11 is 1.68. The lowest BCUT2D eigenvalue weighted by Gasteiger charge is -2.06. The highest BCUT2D eigenvalue weighted by Gasteiger charge is 2.08. The largest absolute Gasteiger partial charge is 0.398 e. The normalized spacial score (nSPS) is 10.7. The molecule has 1 heterocycles. The highest BCUT2D eigenvalue weighted by molar-refractivity contribution is 7.98. The summed E-state index contributed by atoms with van der Waals surface area (Å²) in [6.07, 6.45) is 0. The molecule has 0 saturated heterocycles. The van der Waals surface area contributed by atoms with Crippen molar-refractivity contribution in [1.82, 2.24) is 5.16 Å². The van der Waals surface area contributed by atoms with Gasteiger partial charge < -0.3 is 10.3 Å². The minimum absolute atomic E-state index is 0.740. The molecule has 0 aliphatic carbocycles. The maximum atomic E-state index is 6.08. The lowest BCUT2D eigenvalue weighted by molar-refractivity contribution is 0.426. The molecule has 2 N–H and O–H groups in total. The Hall–Kier alpha value is -2.20. The molecule has 0 fully saturated rings. The van der Waals surface area contributed by atoms with Crippen molar-refractivity contribution in [3.63, 3.8) is 0 Å². The molecule has 3 nitrogen and oxygen atoms in total. The maximum Gasteiger partial charge on any atom is 0.167 e. The molecule has 1 aromatic heterocycles. The van der Waals surface area contributed by atoms with Crippen LogP contribution >= 0.6 is 11.8 Å². The van der Waals surface area contributed by atoms with Crippen LogP contribution in [0.5, 0.6) is 0 Å². The second-order valence-electron chi connectivity index (χ2n) is 4.82. The zero-order valence-corrected chi connectivity index (χ0v) is 12.6. The molecule has 0 unspecified atom stereocenters. The Morgan fingerprint density at radius 1 is 1.10 bits per heavy atom. The molecule has 106 valence electrons. The first-order valence-corrected chi connectivity index (χ1v) is 7.71. The van der Waals surface area contributed by atoms with Crippen molar-refractivity contribution in [2.24, 2.45) is 0 Å². The Labute approximate surface area is 128 Å². The minimum atomic E-state index is 0.740. The summed E-state index contributed by atoms with van der Waals surface area (Å²) in [5.41, 5.74) is 9.98. The molecule has 21 heavy (non-hydrogen) atoms. The van der Waals surface area contributed by atoms with Gasteiger partial charge in [-0.1, -0.05) is 47.6 Å². The number of rotatable bonds is 4. The van der Waals surface area contributed by atoms with Crippen LogP contribution in [-0.2, 0) is 5.75 Å². The van der Waals surface area contributed by atoms with Gasteiger partial charge in [0.05, 0.1) is 5.69 Å². The first-order chi connectivity index (χ1) is 10.2. The van der Waals surface area contributed by atoms with E-state index in [2.05, 4.69) is 5.16 Å². The third-order valence-electron chi connectivity index (χ3n) is 3.28. The molecule has 0 saturated carbocycles. The van der Waals surface area contributed by atoms with Gasteiger partial charge in [0.25, 0.3) is 0 Å². The first-order valence-electron chi connectivity index (χ1n) is 6.73. The van der Waals surface area contributed by atoms with E-state index in [0.717, 1.165) is 38.9 Å². The molecule has 0 aliphatic rings. The van der Waals surface area contributed by atoms with Gasteiger partial charge in [-0.25, -0.2) is 0 Å². The smallest absolute Gasteiger partial charge is 0.167 e. The molecular weight excluding hydrogens is 280 g/mol. The fraction of sp³-hybridized carbons (Fsp3) is 0.118. The molecule has 0 radical (unpaired) electrons. The first kappa shape index (κ1) is 13.8. The average molecular weight is 296 g/mol. The number of benzene rings is 2. The summed E-state index contributed by atoms with van der Waals surface area (Å²) in [7, 11) is 0. The number of nitrogens with zero attached hydrogens (tertiary/aromatic N) is 1. The number of aryl methyl sites for hydroxylation is 1. The number of nitrogen functional groups attached to an aromatic ring is 1. The number of hydrogen-bond donors (Lipinski definition) is 1. The Morgan fingerprint density at radius 3 is 2.71 bits per heavy atom. The summed E-state index contributed by atoms with van der Waals surface area (Å²) < 4.78 is 5.40. The fourth-order valence-electron chi connectivity index (χ4n) is 2.05. The summed E-state index contributed by atoms with van der Waals surface area (Å²) in [5.74, 6) is 1.53. The molecule has 4 heteroatoms. The average Bonchev–Trinajstić information content (AvgIpc) is 2.99. The number of para-hydroxylation sites is 1. The van der Waals surface area contributed by atoms with E-state index >= 15 is 0 Å². The molecule has 0 spiro atoms. The minimum Gasteiger partial charge on any atom is -0.398 e. The molecule has 3 rings (SSSR count). The Morgan fingerprint density at radius 2 is 1.90 bits per heavy atom. The number of thioether (sulfide) groups is 1. The summed E-state index contributed by atoms with van der Waals surface area (Å²) in [5, 5.41) is 4.12. The quantitative estimate of drug-likeness (QED) is 0.568. The third kappa shape index (κ3) is 3.11. The standard InChI is InChI=1S/C17H16N2OS/c1-12-6-5-9-16(17(12)18)21-11-14-10-15(20-19-14)13-7-3-2-4-8-13/h2-10H,11,18H2,1H3. The van der Waals surface area contributed by atoms with E-state index in [1.54, 1.807) is 11.8 Å². The fourth-order valence-corrected chi connectivity index (χ4v) is 2.98. The van der Waals surface area contributed by atoms with Gasteiger partial charge in [-0.15, -0.1) is 11.8 Å². The van der Waals surface area contributed by atoms with E-state index in [0.29, 0.717) is 0 Å². The van der Waals surface area contributed by atoms with Crippen molar-refractivity contribution in [2.75, 3.05) is 5.73 Å². The molecule has 0 aliphatic heterocycles. The van der Waals surface area contributed by atoms with Crippen LogP contribution < -0.4 is 5.73 Å². The van der Waals surface area contributed by atoms with E-state index in [4.69, 9.17) is 10.3 Å².